The van der Waals surface area contributed by atoms with Gasteiger partial charge in [-0.25, -0.2) is 4.79 Å². The third kappa shape index (κ3) is 8.68. The van der Waals surface area contributed by atoms with Crippen LogP contribution in [0.2, 0.25) is 0 Å². The molecule has 4 amide bonds. The Morgan fingerprint density at radius 2 is 1.86 bits per heavy atom. The molecule has 0 spiro atoms. The topological polar surface area (TPSA) is 114 Å². The van der Waals surface area contributed by atoms with Gasteiger partial charge >= 0.3 is 6.03 Å². The number of nitrogens with zero attached hydrogens (tertiary/aromatic N) is 2. The Morgan fingerprint density at radius 3 is 2.57 bits per heavy atom. The lowest BCUT2D eigenvalue weighted by Gasteiger charge is -2.46. The summed E-state index contributed by atoms with van der Waals surface area (Å²) in [5.41, 5.74) is 2.81. The van der Waals surface area contributed by atoms with E-state index in [4.69, 9.17) is 0 Å². The summed E-state index contributed by atoms with van der Waals surface area (Å²) in [7, 11) is 0. The highest BCUT2D eigenvalue weighted by Gasteiger charge is 2.43. The molecule has 1 saturated heterocycles. The summed E-state index contributed by atoms with van der Waals surface area (Å²) in [6.45, 7) is 4.90. The van der Waals surface area contributed by atoms with Crippen molar-refractivity contribution in [1.29, 1.82) is 0 Å². The van der Waals surface area contributed by atoms with E-state index >= 15 is 0 Å². The van der Waals surface area contributed by atoms with Crippen LogP contribution < -0.4 is 16.0 Å². The van der Waals surface area contributed by atoms with Crippen molar-refractivity contribution in [2.24, 2.45) is 0 Å². The number of benzene rings is 2. The zero-order chi connectivity index (χ0) is 29.7. The summed E-state index contributed by atoms with van der Waals surface area (Å²) in [5, 5.41) is 18.6. The molecule has 42 heavy (non-hydrogen) atoms. The predicted octanol–water partition coefficient (Wildman–Crippen LogP) is 3.36. The van der Waals surface area contributed by atoms with E-state index in [0.717, 1.165) is 29.5 Å². The predicted molar refractivity (Wildman–Crippen MR) is 164 cm³/mol. The largest absolute Gasteiger partial charge is 0.508 e. The number of nitrogens with one attached hydrogen (secondary N) is 3. The van der Waals surface area contributed by atoms with Crippen molar-refractivity contribution in [1.82, 2.24) is 25.8 Å². The van der Waals surface area contributed by atoms with E-state index in [9.17, 15) is 19.5 Å². The number of hydrogen-bond acceptors (Lipinski definition) is 5. The van der Waals surface area contributed by atoms with Crippen molar-refractivity contribution in [2.45, 2.75) is 31.5 Å². The van der Waals surface area contributed by atoms with E-state index in [1.54, 1.807) is 35.2 Å². The molecule has 220 valence electrons. The van der Waals surface area contributed by atoms with Crippen LogP contribution in [0.1, 0.15) is 24.0 Å². The van der Waals surface area contributed by atoms with Crippen molar-refractivity contribution in [2.75, 3.05) is 32.7 Å². The van der Waals surface area contributed by atoms with Crippen molar-refractivity contribution in [3.8, 4) is 5.75 Å². The van der Waals surface area contributed by atoms with Gasteiger partial charge in [-0.2, -0.15) is 0 Å². The fourth-order valence-corrected chi connectivity index (χ4v) is 5.04. The fraction of sp³-hybridized carbons (Fsp3) is 0.303. The van der Waals surface area contributed by atoms with Crippen LogP contribution in [0.3, 0.4) is 0 Å². The number of aromatic hydroxyl groups is 1. The third-order valence-electron chi connectivity index (χ3n) is 7.14. The van der Waals surface area contributed by atoms with Crippen LogP contribution in [0.4, 0.5) is 4.79 Å². The number of hydrogen-bond donors (Lipinski definition) is 4. The van der Waals surface area contributed by atoms with Crippen molar-refractivity contribution in [3.63, 3.8) is 0 Å². The zero-order valence-corrected chi connectivity index (χ0v) is 23.7. The summed E-state index contributed by atoms with van der Waals surface area (Å²) >= 11 is 0. The van der Waals surface area contributed by atoms with Gasteiger partial charge in [0.25, 0.3) is 0 Å². The van der Waals surface area contributed by atoms with Crippen LogP contribution in [0.5, 0.6) is 5.75 Å². The molecule has 0 radical (unpaired) electrons. The number of urea groups is 1. The standard InChI is InChI=1S/C33H39N5O4/c1-2-19-34-23-31(40)38-29(21-26-15-17-28(39)18-16-26)32(41)37(20-9-14-25-10-5-3-6-11-25)24-30(38)36-33(42)35-22-27-12-7-4-8-13-27/h2-3,5-7,9-18,29-30,34,39H,1,4,8,19-24H2,(H2,35,36,42)/b14-9+/t29-,30+/m0/s1. The van der Waals surface area contributed by atoms with Gasteiger partial charge in [0.15, 0.2) is 0 Å². The minimum atomic E-state index is -0.860. The van der Waals surface area contributed by atoms with E-state index < -0.39 is 18.2 Å². The first kappa shape index (κ1) is 30.3. The first-order valence-corrected chi connectivity index (χ1v) is 14.3. The average molecular weight is 570 g/mol. The smallest absolute Gasteiger partial charge is 0.316 e. The number of piperazine rings is 1. The zero-order valence-electron chi connectivity index (χ0n) is 23.7. The second kappa shape index (κ2) is 15.4. The summed E-state index contributed by atoms with van der Waals surface area (Å²) in [5.74, 6) is -0.410. The van der Waals surface area contributed by atoms with E-state index in [1.165, 1.54) is 4.90 Å². The second-order valence-corrected chi connectivity index (χ2v) is 10.3. The lowest BCUT2D eigenvalue weighted by Crippen LogP contribution is -2.70. The molecule has 9 heteroatoms. The number of phenolic OH excluding ortho intramolecular Hbond substituents is 1. The molecule has 2 atom stereocenters. The van der Waals surface area contributed by atoms with Gasteiger partial charge in [0.1, 0.15) is 18.0 Å². The number of carbonyl (C=O) groups is 3. The van der Waals surface area contributed by atoms with Gasteiger partial charge in [-0.3, -0.25) is 9.59 Å². The molecule has 9 nitrogen and oxygen atoms in total. The molecule has 0 aromatic heterocycles. The molecule has 0 saturated carbocycles. The van der Waals surface area contributed by atoms with Crippen molar-refractivity contribution >= 4 is 23.9 Å². The Balaban J connectivity index is 1.58. The number of amides is 4. The van der Waals surface area contributed by atoms with Gasteiger partial charge in [-0.05, 0) is 41.7 Å². The van der Waals surface area contributed by atoms with E-state index in [0.29, 0.717) is 19.6 Å². The number of phenols is 1. The molecule has 1 fully saturated rings. The maximum absolute atomic E-state index is 13.9. The molecule has 0 unspecified atom stereocenters. The van der Waals surface area contributed by atoms with Gasteiger partial charge < -0.3 is 30.9 Å². The van der Waals surface area contributed by atoms with Crippen molar-refractivity contribution < 1.29 is 19.5 Å². The normalized spacial score (nSPS) is 18.6. The highest BCUT2D eigenvalue weighted by atomic mass is 16.3. The maximum atomic E-state index is 13.9. The summed E-state index contributed by atoms with van der Waals surface area (Å²) in [6, 6.07) is 15.1. The Hall–Kier alpha value is -4.63. The molecule has 0 bridgehead atoms. The van der Waals surface area contributed by atoms with Gasteiger partial charge in [0.05, 0.1) is 13.1 Å². The first-order valence-electron chi connectivity index (χ1n) is 14.3. The summed E-state index contributed by atoms with van der Waals surface area (Å²) in [4.78, 5) is 43.8. The maximum Gasteiger partial charge on any atom is 0.316 e. The third-order valence-corrected chi connectivity index (χ3v) is 7.14. The van der Waals surface area contributed by atoms with Crippen LogP contribution in [-0.4, -0.2) is 77.7 Å². The Labute approximate surface area is 247 Å². The molecule has 2 aromatic rings. The van der Waals surface area contributed by atoms with E-state index in [2.05, 4.69) is 34.7 Å². The highest BCUT2D eigenvalue weighted by molar-refractivity contribution is 5.91. The molecule has 2 aliphatic rings. The second-order valence-electron chi connectivity index (χ2n) is 10.3. The summed E-state index contributed by atoms with van der Waals surface area (Å²) < 4.78 is 0. The van der Waals surface area contributed by atoms with E-state index in [-0.39, 0.29) is 37.1 Å². The molecule has 1 aliphatic carbocycles. The molecule has 1 aliphatic heterocycles. The Morgan fingerprint density at radius 1 is 1.07 bits per heavy atom. The monoisotopic (exact) mass is 569 g/mol. The van der Waals surface area contributed by atoms with Gasteiger partial charge in [-0.1, -0.05) is 78.9 Å². The molecule has 4 rings (SSSR count). The summed E-state index contributed by atoms with van der Waals surface area (Å²) in [6.07, 6.45) is 13.1. The minimum Gasteiger partial charge on any atom is -0.508 e. The van der Waals surface area contributed by atoms with Gasteiger partial charge in [0, 0.05) is 26.1 Å². The van der Waals surface area contributed by atoms with Gasteiger partial charge in [0.2, 0.25) is 11.8 Å². The Bertz CT molecular complexity index is 1320. The Kier molecular flexibility index (Phi) is 11.1. The first-order chi connectivity index (χ1) is 20.4. The molecule has 1 heterocycles. The highest BCUT2D eigenvalue weighted by Crippen LogP contribution is 2.22. The molecular weight excluding hydrogens is 530 g/mol. The van der Waals surface area contributed by atoms with Gasteiger partial charge in [-0.15, -0.1) is 6.58 Å². The fourth-order valence-electron chi connectivity index (χ4n) is 5.04. The van der Waals surface area contributed by atoms with Crippen LogP contribution in [-0.2, 0) is 16.0 Å². The minimum absolute atomic E-state index is 0.0171. The molecule has 4 N–H and O–H groups in total. The van der Waals surface area contributed by atoms with Crippen molar-refractivity contribution in [3.05, 3.63) is 108 Å². The van der Waals surface area contributed by atoms with E-state index in [1.807, 2.05) is 48.6 Å². The molecular formula is C33H39N5O4. The lowest BCUT2D eigenvalue weighted by atomic mass is 9.99. The number of carbonyl (C=O) groups excluding carboxylic acids is 3. The SMILES string of the molecule is C=CCNCC(=O)N1[C@@H](NC(=O)NCC2=CCCC=C2)CN(C/C=C/c2ccccc2)C(=O)[C@@H]1Cc1ccc(O)cc1. The van der Waals surface area contributed by atoms with Crippen LogP contribution in [0.25, 0.3) is 6.08 Å². The average Bonchev–Trinajstić information content (AvgIpc) is 3.00. The quantitative estimate of drug-likeness (QED) is 0.231. The molecule has 2 aromatic carbocycles. The number of allylic oxidation sites excluding steroid dienone is 2. The lowest BCUT2D eigenvalue weighted by molar-refractivity contribution is -0.155. The number of rotatable bonds is 12. The van der Waals surface area contributed by atoms with Crippen LogP contribution in [0, 0.1) is 0 Å². The van der Waals surface area contributed by atoms with Crippen LogP contribution >= 0.6 is 0 Å². The van der Waals surface area contributed by atoms with Crippen LogP contribution in [0.15, 0.2) is 97.1 Å².